The number of hydrogen-bond donors (Lipinski definition) is 1. The van der Waals surface area contributed by atoms with Crippen molar-refractivity contribution in [3.8, 4) is 11.5 Å². The number of carbonyl (C=O) groups excluding carboxylic acids is 2. The lowest BCUT2D eigenvalue weighted by atomic mass is 9.89. The quantitative estimate of drug-likeness (QED) is 0.673. The first-order chi connectivity index (χ1) is 15.6. The van der Waals surface area contributed by atoms with Crippen LogP contribution in [0.4, 0.5) is 0 Å². The van der Waals surface area contributed by atoms with Gasteiger partial charge in [-0.2, -0.15) is 0 Å². The van der Waals surface area contributed by atoms with E-state index in [9.17, 15) is 9.59 Å². The molecule has 0 radical (unpaired) electrons. The molecule has 7 nitrogen and oxygen atoms in total. The van der Waals surface area contributed by atoms with Crippen LogP contribution < -0.4 is 14.8 Å². The maximum absolute atomic E-state index is 12.9. The standard InChI is InChI=1S/C25H30N2O5/c1-30-15-12-26-24(28)20-8-6-18(7-9-20)16-19-10-13-27(14-11-19)25(29)23-17-31-21-4-2-3-5-22(21)32-23/h2-9,19,23H,10-17H2,1H3,(H,26,28). The van der Waals surface area contributed by atoms with E-state index in [0.717, 1.165) is 32.4 Å². The van der Waals surface area contributed by atoms with E-state index in [2.05, 4.69) is 5.32 Å². The predicted octanol–water partition coefficient (Wildman–Crippen LogP) is 2.68. The molecule has 1 atom stereocenters. The summed E-state index contributed by atoms with van der Waals surface area (Å²) in [5.74, 6) is 1.75. The highest BCUT2D eigenvalue weighted by Crippen LogP contribution is 2.32. The third-order valence-electron chi connectivity index (χ3n) is 6.04. The molecule has 2 aliphatic heterocycles. The fourth-order valence-corrected chi connectivity index (χ4v) is 4.20. The molecule has 7 heteroatoms. The average Bonchev–Trinajstić information content (AvgIpc) is 2.84. The summed E-state index contributed by atoms with van der Waals surface area (Å²) < 4.78 is 16.5. The van der Waals surface area contributed by atoms with E-state index in [1.807, 2.05) is 53.4 Å². The Morgan fingerprint density at radius 2 is 1.78 bits per heavy atom. The van der Waals surface area contributed by atoms with Gasteiger partial charge in [0.1, 0.15) is 6.61 Å². The number of ether oxygens (including phenoxy) is 3. The number of nitrogens with zero attached hydrogens (tertiary/aromatic N) is 1. The summed E-state index contributed by atoms with van der Waals surface area (Å²) in [6.07, 6.45) is 2.28. The van der Waals surface area contributed by atoms with Gasteiger partial charge in [-0.15, -0.1) is 0 Å². The summed E-state index contributed by atoms with van der Waals surface area (Å²) in [4.78, 5) is 26.9. The van der Waals surface area contributed by atoms with Gasteiger partial charge in [-0.3, -0.25) is 9.59 Å². The lowest BCUT2D eigenvalue weighted by Gasteiger charge is -2.35. The topological polar surface area (TPSA) is 77.1 Å². The molecule has 4 rings (SSSR count). The molecule has 2 amide bonds. The van der Waals surface area contributed by atoms with Gasteiger partial charge in [-0.05, 0) is 55.0 Å². The third kappa shape index (κ3) is 5.40. The minimum atomic E-state index is -0.580. The van der Waals surface area contributed by atoms with Gasteiger partial charge in [-0.1, -0.05) is 24.3 Å². The van der Waals surface area contributed by atoms with Crippen LogP contribution in [0, 0.1) is 5.92 Å². The number of rotatable bonds is 7. The van der Waals surface area contributed by atoms with Crippen molar-refractivity contribution in [3.63, 3.8) is 0 Å². The van der Waals surface area contributed by atoms with Crippen molar-refractivity contribution in [2.45, 2.75) is 25.4 Å². The Hall–Kier alpha value is -3.06. The maximum atomic E-state index is 12.9. The Morgan fingerprint density at radius 1 is 1.06 bits per heavy atom. The van der Waals surface area contributed by atoms with Crippen LogP contribution >= 0.6 is 0 Å². The lowest BCUT2D eigenvalue weighted by Crippen LogP contribution is -2.49. The minimum Gasteiger partial charge on any atom is -0.485 e. The summed E-state index contributed by atoms with van der Waals surface area (Å²) >= 11 is 0. The number of amides is 2. The summed E-state index contributed by atoms with van der Waals surface area (Å²) in [6, 6.07) is 15.2. The van der Waals surface area contributed by atoms with Crippen molar-refractivity contribution in [1.29, 1.82) is 0 Å². The fraction of sp³-hybridized carbons (Fsp3) is 0.440. The van der Waals surface area contributed by atoms with Crippen LogP contribution in [0.1, 0.15) is 28.8 Å². The van der Waals surface area contributed by atoms with Crippen LogP contribution in [-0.4, -0.2) is 62.8 Å². The summed E-state index contributed by atoms with van der Waals surface area (Å²) in [5.41, 5.74) is 1.87. The second kappa shape index (κ2) is 10.5. The number of piperidine rings is 1. The molecule has 1 unspecified atom stereocenters. The molecule has 0 saturated carbocycles. The molecule has 0 aliphatic carbocycles. The maximum Gasteiger partial charge on any atom is 0.267 e. The number of likely N-dealkylation sites (tertiary alicyclic amines) is 1. The first-order valence-corrected chi connectivity index (χ1v) is 11.2. The van der Waals surface area contributed by atoms with Crippen LogP contribution in [0.3, 0.4) is 0 Å². The Morgan fingerprint density at radius 3 is 2.50 bits per heavy atom. The molecule has 170 valence electrons. The molecular formula is C25H30N2O5. The molecule has 0 spiro atoms. The molecule has 2 aromatic rings. The highest BCUT2D eigenvalue weighted by Gasteiger charge is 2.33. The molecule has 1 saturated heterocycles. The van der Waals surface area contributed by atoms with Gasteiger partial charge in [0.05, 0.1) is 6.61 Å². The van der Waals surface area contributed by atoms with Crippen molar-refractivity contribution in [1.82, 2.24) is 10.2 Å². The van der Waals surface area contributed by atoms with Gasteiger partial charge >= 0.3 is 0 Å². The molecule has 1 N–H and O–H groups in total. The number of para-hydroxylation sites is 2. The molecule has 2 heterocycles. The average molecular weight is 439 g/mol. The third-order valence-corrected chi connectivity index (χ3v) is 6.04. The lowest BCUT2D eigenvalue weighted by molar-refractivity contribution is -0.142. The first-order valence-electron chi connectivity index (χ1n) is 11.2. The van der Waals surface area contributed by atoms with E-state index >= 15 is 0 Å². The highest BCUT2D eigenvalue weighted by molar-refractivity contribution is 5.94. The Kier molecular flexibility index (Phi) is 7.27. The van der Waals surface area contributed by atoms with Crippen LogP contribution in [0.2, 0.25) is 0 Å². The van der Waals surface area contributed by atoms with Crippen LogP contribution in [0.25, 0.3) is 0 Å². The molecule has 32 heavy (non-hydrogen) atoms. The fourth-order valence-electron chi connectivity index (χ4n) is 4.20. The van der Waals surface area contributed by atoms with E-state index in [4.69, 9.17) is 14.2 Å². The van der Waals surface area contributed by atoms with Gasteiger partial charge < -0.3 is 24.4 Å². The molecule has 2 aliphatic rings. The van der Waals surface area contributed by atoms with Crippen LogP contribution in [0.5, 0.6) is 11.5 Å². The van der Waals surface area contributed by atoms with Gasteiger partial charge in [0.15, 0.2) is 11.5 Å². The smallest absolute Gasteiger partial charge is 0.267 e. The van der Waals surface area contributed by atoms with Crippen LogP contribution in [0.15, 0.2) is 48.5 Å². The second-order valence-corrected chi connectivity index (χ2v) is 8.28. The predicted molar refractivity (Wildman–Crippen MR) is 120 cm³/mol. The number of benzene rings is 2. The van der Waals surface area contributed by atoms with Crippen molar-refractivity contribution in [2.75, 3.05) is 40.0 Å². The molecular weight excluding hydrogens is 408 g/mol. The first kappa shape index (κ1) is 22.1. The van der Waals surface area contributed by atoms with Crippen molar-refractivity contribution < 1.29 is 23.8 Å². The number of carbonyl (C=O) groups is 2. The molecule has 2 aromatic carbocycles. The monoisotopic (exact) mass is 438 g/mol. The second-order valence-electron chi connectivity index (χ2n) is 8.28. The summed E-state index contributed by atoms with van der Waals surface area (Å²) in [5, 5.41) is 2.83. The van der Waals surface area contributed by atoms with E-state index in [-0.39, 0.29) is 18.4 Å². The van der Waals surface area contributed by atoms with E-state index in [1.165, 1.54) is 5.56 Å². The van der Waals surface area contributed by atoms with Crippen LogP contribution in [-0.2, 0) is 16.0 Å². The Bertz CT molecular complexity index is 922. The zero-order valence-electron chi connectivity index (χ0n) is 18.4. The van der Waals surface area contributed by atoms with Crippen molar-refractivity contribution in [3.05, 3.63) is 59.7 Å². The number of hydrogen-bond acceptors (Lipinski definition) is 5. The minimum absolute atomic E-state index is 0.00166. The number of nitrogens with one attached hydrogen (secondary N) is 1. The van der Waals surface area contributed by atoms with Crippen molar-refractivity contribution in [2.24, 2.45) is 5.92 Å². The summed E-state index contributed by atoms with van der Waals surface area (Å²) in [6.45, 7) is 2.70. The normalized spacial score (nSPS) is 18.3. The molecule has 0 bridgehead atoms. The molecule has 0 aromatic heterocycles. The number of methoxy groups -OCH3 is 1. The zero-order valence-corrected chi connectivity index (χ0v) is 18.4. The van der Waals surface area contributed by atoms with Gasteiger partial charge in [0, 0.05) is 32.3 Å². The zero-order chi connectivity index (χ0) is 22.3. The van der Waals surface area contributed by atoms with E-state index in [1.54, 1.807) is 7.11 Å². The SMILES string of the molecule is COCCNC(=O)c1ccc(CC2CCN(C(=O)C3COc4ccccc4O3)CC2)cc1. The van der Waals surface area contributed by atoms with Crippen molar-refractivity contribution >= 4 is 11.8 Å². The van der Waals surface area contributed by atoms with E-state index in [0.29, 0.717) is 36.1 Å². The van der Waals surface area contributed by atoms with Gasteiger partial charge in [-0.25, -0.2) is 0 Å². The molecule has 1 fully saturated rings. The van der Waals surface area contributed by atoms with E-state index < -0.39 is 6.10 Å². The largest absolute Gasteiger partial charge is 0.485 e. The van der Waals surface area contributed by atoms with Gasteiger partial charge in [0.25, 0.3) is 11.8 Å². The number of fused-ring (bicyclic) bond motifs is 1. The Labute approximate surface area is 188 Å². The van der Waals surface area contributed by atoms with Gasteiger partial charge in [0.2, 0.25) is 6.10 Å². The highest BCUT2D eigenvalue weighted by atomic mass is 16.6. The Balaban J connectivity index is 1.23. The summed E-state index contributed by atoms with van der Waals surface area (Å²) in [7, 11) is 1.61.